The molecule has 130 valence electrons. The van der Waals surface area contributed by atoms with Crippen LogP contribution in [-0.4, -0.2) is 41.0 Å². The summed E-state index contributed by atoms with van der Waals surface area (Å²) in [6.45, 7) is 9.92. The summed E-state index contributed by atoms with van der Waals surface area (Å²) in [4.78, 5) is 8.93. The van der Waals surface area contributed by atoms with Gasteiger partial charge in [0.15, 0.2) is 0 Å². The molecular weight excluding hydrogens is 312 g/mol. The molecule has 0 bridgehead atoms. The molecule has 1 aliphatic heterocycles. The fraction of sp³-hybridized carbons (Fsp3) is 0.500. The quantitative estimate of drug-likeness (QED) is 0.857. The highest BCUT2D eigenvalue weighted by Crippen LogP contribution is 2.25. The minimum absolute atomic E-state index is 0.0704. The van der Waals surface area contributed by atoms with Gasteiger partial charge in [-0.25, -0.2) is 13.8 Å². The zero-order valence-corrected chi connectivity index (χ0v) is 14.4. The van der Waals surface area contributed by atoms with Crippen molar-refractivity contribution in [1.29, 1.82) is 0 Å². The molecule has 1 aromatic heterocycles. The summed E-state index contributed by atoms with van der Waals surface area (Å²) in [5, 5.41) is 0. The Labute approximate surface area is 141 Å². The van der Waals surface area contributed by atoms with Crippen LogP contribution in [0, 0.1) is 25.5 Å². The maximum atomic E-state index is 14.0. The number of piperazine rings is 1. The lowest BCUT2D eigenvalue weighted by atomic mass is 10.1. The van der Waals surface area contributed by atoms with Crippen LogP contribution in [0.1, 0.15) is 35.9 Å². The van der Waals surface area contributed by atoms with E-state index in [2.05, 4.69) is 14.8 Å². The number of halogens is 2. The van der Waals surface area contributed by atoms with Crippen molar-refractivity contribution >= 4 is 0 Å². The van der Waals surface area contributed by atoms with Crippen LogP contribution in [0.2, 0.25) is 0 Å². The molecule has 0 amide bonds. The first-order valence-corrected chi connectivity index (χ1v) is 8.28. The summed E-state index contributed by atoms with van der Waals surface area (Å²) >= 11 is 0. The minimum Gasteiger partial charge on any atom is -0.444 e. The molecule has 6 heteroatoms. The molecule has 24 heavy (non-hydrogen) atoms. The Morgan fingerprint density at radius 2 is 1.88 bits per heavy atom. The van der Waals surface area contributed by atoms with E-state index in [1.165, 1.54) is 6.07 Å². The highest BCUT2D eigenvalue weighted by Gasteiger charge is 2.24. The van der Waals surface area contributed by atoms with Gasteiger partial charge in [-0.3, -0.25) is 9.80 Å². The predicted molar refractivity (Wildman–Crippen MR) is 87.6 cm³/mol. The normalized spacial score (nSPS) is 18.0. The van der Waals surface area contributed by atoms with Crippen molar-refractivity contribution < 1.29 is 13.2 Å². The Hall–Kier alpha value is -1.79. The Morgan fingerprint density at radius 3 is 2.46 bits per heavy atom. The van der Waals surface area contributed by atoms with Crippen molar-refractivity contribution in [3.05, 3.63) is 52.7 Å². The average molecular weight is 335 g/mol. The zero-order valence-electron chi connectivity index (χ0n) is 14.4. The second kappa shape index (κ2) is 6.99. The molecule has 2 aromatic rings. The van der Waals surface area contributed by atoms with E-state index in [9.17, 15) is 8.78 Å². The largest absolute Gasteiger partial charge is 0.444 e. The molecule has 1 saturated heterocycles. The molecule has 0 aliphatic carbocycles. The molecular formula is C18H23F2N3O. The maximum absolute atomic E-state index is 14.0. The summed E-state index contributed by atoms with van der Waals surface area (Å²) < 4.78 is 32.7. The van der Waals surface area contributed by atoms with Crippen LogP contribution < -0.4 is 0 Å². The fourth-order valence-electron chi connectivity index (χ4n) is 3.14. The topological polar surface area (TPSA) is 32.5 Å². The number of oxazole rings is 1. The Bertz CT molecular complexity index is 689. The van der Waals surface area contributed by atoms with Crippen molar-refractivity contribution in [2.24, 2.45) is 0 Å². The van der Waals surface area contributed by atoms with Crippen LogP contribution in [0.4, 0.5) is 8.78 Å². The lowest BCUT2D eigenvalue weighted by Gasteiger charge is -2.37. The number of hydrogen-bond acceptors (Lipinski definition) is 4. The molecule has 0 unspecified atom stereocenters. The monoisotopic (exact) mass is 335 g/mol. The molecule has 1 atom stereocenters. The first-order chi connectivity index (χ1) is 11.4. The van der Waals surface area contributed by atoms with E-state index in [1.807, 2.05) is 20.8 Å². The average Bonchev–Trinajstić information content (AvgIpc) is 2.85. The van der Waals surface area contributed by atoms with Crippen molar-refractivity contribution in [3.63, 3.8) is 0 Å². The second-order valence-corrected chi connectivity index (χ2v) is 6.40. The fourth-order valence-corrected chi connectivity index (χ4v) is 3.14. The van der Waals surface area contributed by atoms with Gasteiger partial charge in [0.2, 0.25) is 5.89 Å². The Kier molecular flexibility index (Phi) is 4.96. The van der Waals surface area contributed by atoms with E-state index < -0.39 is 11.6 Å². The van der Waals surface area contributed by atoms with Gasteiger partial charge in [-0.1, -0.05) is 6.07 Å². The van der Waals surface area contributed by atoms with Gasteiger partial charge in [0.05, 0.1) is 12.2 Å². The SMILES string of the molecule is Cc1nc(CN2CCN([C@H](C)c3ccc(F)cc3F)CC2)oc1C. The third-order valence-electron chi connectivity index (χ3n) is 4.80. The van der Waals surface area contributed by atoms with Crippen molar-refractivity contribution in [1.82, 2.24) is 14.8 Å². The van der Waals surface area contributed by atoms with E-state index in [-0.39, 0.29) is 6.04 Å². The predicted octanol–water partition coefficient (Wildman–Crippen LogP) is 3.45. The van der Waals surface area contributed by atoms with Crippen LogP contribution in [0.15, 0.2) is 22.6 Å². The van der Waals surface area contributed by atoms with Gasteiger partial charge < -0.3 is 4.42 Å². The highest BCUT2D eigenvalue weighted by atomic mass is 19.1. The van der Waals surface area contributed by atoms with Crippen LogP contribution in [0.3, 0.4) is 0 Å². The van der Waals surface area contributed by atoms with E-state index in [0.29, 0.717) is 12.1 Å². The number of rotatable bonds is 4. The van der Waals surface area contributed by atoms with Gasteiger partial charge in [0, 0.05) is 43.9 Å². The number of aromatic nitrogens is 1. The summed E-state index contributed by atoms with van der Waals surface area (Å²) in [7, 11) is 0. The van der Waals surface area contributed by atoms with Crippen molar-refractivity contribution in [3.8, 4) is 0 Å². The summed E-state index contributed by atoms with van der Waals surface area (Å²) in [6.07, 6.45) is 0. The molecule has 0 N–H and O–H groups in total. The van der Waals surface area contributed by atoms with Gasteiger partial charge in [0.25, 0.3) is 0 Å². The van der Waals surface area contributed by atoms with Crippen LogP contribution >= 0.6 is 0 Å². The Balaban J connectivity index is 1.58. The van der Waals surface area contributed by atoms with Crippen LogP contribution in [0.5, 0.6) is 0 Å². The van der Waals surface area contributed by atoms with Crippen molar-refractivity contribution in [2.45, 2.75) is 33.4 Å². The number of aryl methyl sites for hydroxylation is 2. The third kappa shape index (κ3) is 3.65. The van der Waals surface area contributed by atoms with Gasteiger partial charge in [-0.2, -0.15) is 0 Å². The molecule has 1 aliphatic rings. The lowest BCUT2D eigenvalue weighted by Crippen LogP contribution is -2.46. The molecule has 1 fully saturated rings. The molecule has 4 nitrogen and oxygen atoms in total. The molecule has 0 saturated carbocycles. The number of hydrogen-bond donors (Lipinski definition) is 0. The summed E-state index contributed by atoms with van der Waals surface area (Å²) in [6, 6.07) is 3.74. The van der Waals surface area contributed by atoms with E-state index >= 15 is 0 Å². The van der Waals surface area contributed by atoms with E-state index in [1.54, 1.807) is 6.07 Å². The summed E-state index contributed by atoms with van der Waals surface area (Å²) in [5.41, 5.74) is 1.48. The first-order valence-electron chi connectivity index (χ1n) is 8.28. The van der Waals surface area contributed by atoms with Crippen molar-refractivity contribution in [2.75, 3.05) is 26.2 Å². The van der Waals surface area contributed by atoms with Gasteiger partial charge >= 0.3 is 0 Å². The maximum Gasteiger partial charge on any atom is 0.208 e. The minimum atomic E-state index is -0.537. The Morgan fingerprint density at radius 1 is 1.17 bits per heavy atom. The van der Waals surface area contributed by atoms with Crippen LogP contribution in [-0.2, 0) is 6.54 Å². The number of nitrogens with zero attached hydrogens (tertiary/aromatic N) is 3. The summed E-state index contributed by atoms with van der Waals surface area (Å²) in [5.74, 6) is 0.598. The first kappa shape index (κ1) is 17.0. The highest BCUT2D eigenvalue weighted by molar-refractivity contribution is 5.22. The number of benzene rings is 1. The second-order valence-electron chi connectivity index (χ2n) is 6.40. The molecule has 2 heterocycles. The van der Waals surface area contributed by atoms with Gasteiger partial charge in [-0.05, 0) is 26.8 Å². The molecule has 1 aromatic carbocycles. The molecule has 0 radical (unpaired) electrons. The van der Waals surface area contributed by atoms with Gasteiger partial charge in [0.1, 0.15) is 17.4 Å². The third-order valence-corrected chi connectivity index (χ3v) is 4.80. The van der Waals surface area contributed by atoms with Crippen LogP contribution in [0.25, 0.3) is 0 Å². The standard InChI is InChI=1S/C18H23F2N3O/c1-12-14(3)24-18(21-12)11-22-6-8-23(9-7-22)13(2)16-5-4-15(19)10-17(16)20/h4-5,10,13H,6-9,11H2,1-3H3/t13-/m1/s1. The van der Waals surface area contributed by atoms with E-state index in [4.69, 9.17) is 4.42 Å². The lowest BCUT2D eigenvalue weighted by molar-refractivity contribution is 0.0907. The zero-order chi connectivity index (χ0) is 17.3. The van der Waals surface area contributed by atoms with Gasteiger partial charge in [-0.15, -0.1) is 0 Å². The smallest absolute Gasteiger partial charge is 0.208 e. The molecule has 0 spiro atoms. The molecule has 3 rings (SSSR count). The van der Waals surface area contributed by atoms with E-state index in [0.717, 1.165) is 49.6 Å².